The van der Waals surface area contributed by atoms with Gasteiger partial charge in [0.2, 0.25) is 0 Å². The molecule has 28 heavy (non-hydrogen) atoms. The molecule has 0 bridgehead atoms. The summed E-state index contributed by atoms with van der Waals surface area (Å²) >= 11 is 0. The van der Waals surface area contributed by atoms with Gasteiger partial charge in [0.05, 0.1) is 26.0 Å². The molecular formula is C21H31IN4O2. The number of nitrogens with zero attached hydrogens (tertiary/aromatic N) is 2. The molecule has 1 aliphatic rings. The molecule has 1 atom stereocenters. The summed E-state index contributed by atoms with van der Waals surface area (Å²) < 4.78 is 10.8. The number of hydrogen-bond acceptors (Lipinski definition) is 4. The maximum absolute atomic E-state index is 5.44. The Morgan fingerprint density at radius 3 is 2.61 bits per heavy atom. The molecule has 0 radical (unpaired) electrons. The fraction of sp³-hybridized carbons (Fsp3) is 0.476. The number of halogens is 1. The third-order valence-corrected chi connectivity index (χ3v) is 4.74. The number of guanidine groups is 1. The number of furan rings is 1. The molecule has 1 aliphatic heterocycles. The van der Waals surface area contributed by atoms with Crippen LogP contribution in [0.4, 0.5) is 0 Å². The van der Waals surface area contributed by atoms with Crippen molar-refractivity contribution >= 4 is 29.9 Å². The molecular weight excluding hydrogens is 467 g/mol. The Kier molecular flexibility index (Phi) is 10.4. The first-order valence-corrected chi connectivity index (χ1v) is 9.71. The highest BCUT2D eigenvalue weighted by atomic mass is 127. The average Bonchev–Trinajstić information content (AvgIpc) is 3.24. The smallest absolute Gasteiger partial charge is 0.191 e. The first-order chi connectivity index (χ1) is 13.3. The third-order valence-electron chi connectivity index (χ3n) is 4.74. The molecule has 0 amide bonds. The summed E-state index contributed by atoms with van der Waals surface area (Å²) in [6, 6.07) is 14.7. The maximum Gasteiger partial charge on any atom is 0.191 e. The van der Waals surface area contributed by atoms with Gasteiger partial charge >= 0.3 is 0 Å². The minimum absolute atomic E-state index is 0. The van der Waals surface area contributed by atoms with Crippen LogP contribution in [-0.2, 0) is 17.7 Å². The van der Waals surface area contributed by atoms with Crippen molar-refractivity contribution in [3.05, 3.63) is 60.1 Å². The molecule has 0 spiro atoms. The van der Waals surface area contributed by atoms with Gasteiger partial charge in [-0.3, -0.25) is 4.90 Å². The summed E-state index contributed by atoms with van der Waals surface area (Å²) in [5.74, 6) is 1.82. The van der Waals surface area contributed by atoms with Gasteiger partial charge in [0, 0.05) is 38.6 Å². The van der Waals surface area contributed by atoms with Crippen LogP contribution in [0.2, 0.25) is 0 Å². The molecule has 0 saturated carbocycles. The van der Waals surface area contributed by atoms with E-state index in [9.17, 15) is 0 Å². The van der Waals surface area contributed by atoms with Crippen molar-refractivity contribution < 1.29 is 9.15 Å². The maximum atomic E-state index is 5.44. The van der Waals surface area contributed by atoms with Gasteiger partial charge in [0.1, 0.15) is 5.76 Å². The second kappa shape index (κ2) is 12.8. The SMILES string of the molecule is CC(CNC(=NCc1ccccc1)NCCc1ccco1)N1CCOCC1.I. The average molecular weight is 498 g/mol. The highest BCUT2D eigenvalue weighted by Gasteiger charge is 2.17. The van der Waals surface area contributed by atoms with Crippen molar-refractivity contribution in [2.75, 3.05) is 39.4 Å². The summed E-state index contributed by atoms with van der Waals surface area (Å²) in [6.07, 6.45) is 2.54. The summed E-state index contributed by atoms with van der Waals surface area (Å²) in [4.78, 5) is 7.20. The lowest BCUT2D eigenvalue weighted by Gasteiger charge is -2.32. The van der Waals surface area contributed by atoms with Crippen molar-refractivity contribution in [3.63, 3.8) is 0 Å². The fourth-order valence-electron chi connectivity index (χ4n) is 3.08. The number of morpholine rings is 1. The van der Waals surface area contributed by atoms with E-state index in [0.717, 1.165) is 57.5 Å². The Hall–Kier alpha value is -1.58. The second-order valence-corrected chi connectivity index (χ2v) is 6.78. The fourth-order valence-corrected chi connectivity index (χ4v) is 3.08. The molecule has 1 aromatic heterocycles. The van der Waals surface area contributed by atoms with Crippen LogP contribution in [0.3, 0.4) is 0 Å². The highest BCUT2D eigenvalue weighted by Crippen LogP contribution is 2.04. The van der Waals surface area contributed by atoms with E-state index >= 15 is 0 Å². The van der Waals surface area contributed by atoms with E-state index in [4.69, 9.17) is 14.1 Å². The van der Waals surface area contributed by atoms with E-state index in [1.165, 1.54) is 5.56 Å². The topological polar surface area (TPSA) is 62.0 Å². The molecule has 2 heterocycles. The Balaban J connectivity index is 0.00000280. The van der Waals surface area contributed by atoms with Gasteiger partial charge in [0.25, 0.3) is 0 Å². The number of aliphatic imine (C=N–C) groups is 1. The van der Waals surface area contributed by atoms with Crippen molar-refractivity contribution in [1.29, 1.82) is 0 Å². The van der Waals surface area contributed by atoms with Crippen LogP contribution < -0.4 is 10.6 Å². The van der Waals surface area contributed by atoms with Crippen molar-refractivity contribution in [3.8, 4) is 0 Å². The van der Waals surface area contributed by atoms with E-state index in [1.807, 2.05) is 30.3 Å². The zero-order chi connectivity index (χ0) is 18.7. The Morgan fingerprint density at radius 2 is 1.89 bits per heavy atom. The highest BCUT2D eigenvalue weighted by molar-refractivity contribution is 14.0. The molecule has 1 unspecified atom stereocenters. The van der Waals surface area contributed by atoms with Gasteiger partial charge < -0.3 is 19.8 Å². The van der Waals surface area contributed by atoms with Crippen LogP contribution >= 0.6 is 24.0 Å². The number of hydrogen-bond donors (Lipinski definition) is 2. The lowest BCUT2D eigenvalue weighted by Crippen LogP contribution is -2.49. The van der Waals surface area contributed by atoms with Crippen LogP contribution in [0.25, 0.3) is 0 Å². The van der Waals surface area contributed by atoms with Gasteiger partial charge in [-0.15, -0.1) is 24.0 Å². The normalized spacial score (nSPS) is 16.2. The van der Waals surface area contributed by atoms with E-state index < -0.39 is 0 Å². The second-order valence-electron chi connectivity index (χ2n) is 6.78. The van der Waals surface area contributed by atoms with Gasteiger partial charge in [-0.25, -0.2) is 4.99 Å². The van der Waals surface area contributed by atoms with Gasteiger partial charge in [-0.2, -0.15) is 0 Å². The molecule has 6 nitrogen and oxygen atoms in total. The molecule has 1 saturated heterocycles. The lowest BCUT2D eigenvalue weighted by molar-refractivity contribution is 0.0211. The van der Waals surface area contributed by atoms with Crippen LogP contribution in [0, 0.1) is 0 Å². The Bertz CT molecular complexity index is 673. The summed E-state index contributed by atoms with van der Waals surface area (Å²) in [7, 11) is 0. The van der Waals surface area contributed by atoms with Gasteiger partial charge in [-0.05, 0) is 24.6 Å². The standard InChI is InChI=1S/C21H30N4O2.HI/c1-18(25-11-14-26-15-12-25)16-23-21(22-10-9-20-8-5-13-27-20)24-17-19-6-3-2-4-7-19;/h2-8,13,18H,9-12,14-17H2,1H3,(H2,22,23,24);1H. The third kappa shape index (κ3) is 7.81. The first kappa shape index (κ1) is 22.7. The quantitative estimate of drug-likeness (QED) is 0.333. The zero-order valence-corrected chi connectivity index (χ0v) is 18.8. The minimum atomic E-state index is 0. The van der Waals surface area contributed by atoms with Crippen LogP contribution in [-0.4, -0.2) is 56.3 Å². The van der Waals surface area contributed by atoms with Gasteiger partial charge in [-0.1, -0.05) is 30.3 Å². The van der Waals surface area contributed by atoms with Crippen molar-refractivity contribution in [2.24, 2.45) is 4.99 Å². The monoisotopic (exact) mass is 498 g/mol. The predicted octanol–water partition coefficient (Wildman–Crippen LogP) is 2.90. The molecule has 0 aliphatic carbocycles. The Labute approximate surface area is 184 Å². The molecule has 3 rings (SSSR count). The zero-order valence-electron chi connectivity index (χ0n) is 16.5. The van der Waals surface area contributed by atoms with E-state index in [0.29, 0.717) is 12.6 Å². The summed E-state index contributed by atoms with van der Waals surface area (Å²) in [5.41, 5.74) is 1.20. The Morgan fingerprint density at radius 1 is 1.11 bits per heavy atom. The van der Waals surface area contributed by atoms with Crippen LogP contribution in [0.1, 0.15) is 18.2 Å². The van der Waals surface area contributed by atoms with Crippen LogP contribution in [0.5, 0.6) is 0 Å². The summed E-state index contributed by atoms with van der Waals surface area (Å²) in [5, 5.41) is 6.92. The van der Waals surface area contributed by atoms with Gasteiger partial charge in [0.15, 0.2) is 5.96 Å². The van der Waals surface area contributed by atoms with E-state index in [2.05, 4.69) is 34.6 Å². The van der Waals surface area contributed by atoms with E-state index in [1.54, 1.807) is 6.26 Å². The predicted molar refractivity (Wildman–Crippen MR) is 123 cm³/mol. The molecule has 7 heteroatoms. The number of ether oxygens (including phenoxy) is 1. The molecule has 154 valence electrons. The number of rotatable bonds is 8. The number of benzene rings is 1. The minimum Gasteiger partial charge on any atom is -0.469 e. The summed E-state index contributed by atoms with van der Waals surface area (Å²) in [6.45, 7) is 8.15. The van der Waals surface area contributed by atoms with Crippen molar-refractivity contribution in [2.45, 2.75) is 25.9 Å². The first-order valence-electron chi connectivity index (χ1n) is 9.71. The lowest BCUT2D eigenvalue weighted by atomic mass is 10.2. The van der Waals surface area contributed by atoms with Crippen molar-refractivity contribution in [1.82, 2.24) is 15.5 Å². The van der Waals surface area contributed by atoms with E-state index in [-0.39, 0.29) is 24.0 Å². The number of nitrogens with one attached hydrogen (secondary N) is 2. The van der Waals surface area contributed by atoms with Crippen LogP contribution in [0.15, 0.2) is 58.1 Å². The molecule has 2 N–H and O–H groups in total. The molecule has 1 fully saturated rings. The molecule has 2 aromatic rings. The largest absolute Gasteiger partial charge is 0.469 e. The molecule has 1 aromatic carbocycles.